The van der Waals surface area contributed by atoms with Crippen molar-refractivity contribution in [2.75, 3.05) is 19.8 Å². The fourth-order valence-corrected chi connectivity index (χ4v) is 2.53. The third-order valence-electron chi connectivity index (χ3n) is 3.51. The molecule has 0 aliphatic carbocycles. The largest absolute Gasteiger partial charge is 0.371 e. The first-order chi connectivity index (χ1) is 8.77. The first kappa shape index (κ1) is 11.4. The van der Waals surface area contributed by atoms with E-state index in [2.05, 4.69) is 6.58 Å². The molecule has 1 amide bonds. The summed E-state index contributed by atoms with van der Waals surface area (Å²) >= 11 is 0. The normalized spacial score (nSPS) is 24.9. The summed E-state index contributed by atoms with van der Waals surface area (Å²) in [6.07, 6.45) is 1.34. The molecule has 18 heavy (non-hydrogen) atoms. The molecule has 2 fully saturated rings. The molecule has 0 aromatic heterocycles. The van der Waals surface area contributed by atoms with Gasteiger partial charge in [0.25, 0.3) is 0 Å². The molecule has 2 aliphatic rings. The standard InChI is InChI=1S/C14H15NO3/c1-2-13(16)15-12(11-6-4-3-5-7-11)8-18-14(15)9-17-10-14/h2-7,12H,1,8-10H2. The Morgan fingerprint density at radius 3 is 2.67 bits per heavy atom. The van der Waals surface area contributed by atoms with Crippen molar-refractivity contribution >= 4 is 5.91 Å². The van der Waals surface area contributed by atoms with Crippen LogP contribution < -0.4 is 0 Å². The van der Waals surface area contributed by atoms with Gasteiger partial charge in [-0.15, -0.1) is 0 Å². The van der Waals surface area contributed by atoms with Gasteiger partial charge < -0.3 is 9.47 Å². The smallest absolute Gasteiger partial charge is 0.248 e. The van der Waals surface area contributed by atoms with E-state index < -0.39 is 5.72 Å². The van der Waals surface area contributed by atoms with Gasteiger partial charge in [0.05, 0.1) is 25.9 Å². The van der Waals surface area contributed by atoms with E-state index in [0.717, 1.165) is 5.56 Å². The second kappa shape index (κ2) is 4.23. The van der Waals surface area contributed by atoms with E-state index in [1.54, 1.807) is 4.90 Å². The molecule has 1 aromatic carbocycles. The first-order valence-electron chi connectivity index (χ1n) is 5.99. The summed E-state index contributed by atoms with van der Waals surface area (Å²) < 4.78 is 11.0. The third kappa shape index (κ3) is 1.57. The first-order valence-corrected chi connectivity index (χ1v) is 5.99. The van der Waals surface area contributed by atoms with Crippen molar-refractivity contribution < 1.29 is 14.3 Å². The van der Waals surface area contributed by atoms with Crippen LogP contribution in [0.15, 0.2) is 43.0 Å². The van der Waals surface area contributed by atoms with Crippen molar-refractivity contribution in [1.29, 1.82) is 0 Å². The van der Waals surface area contributed by atoms with Gasteiger partial charge in [0, 0.05) is 0 Å². The summed E-state index contributed by atoms with van der Waals surface area (Å²) in [5.74, 6) is -0.107. The van der Waals surface area contributed by atoms with E-state index >= 15 is 0 Å². The van der Waals surface area contributed by atoms with Gasteiger partial charge in [-0.25, -0.2) is 0 Å². The maximum atomic E-state index is 12.1. The van der Waals surface area contributed by atoms with Crippen LogP contribution in [0.2, 0.25) is 0 Å². The quantitative estimate of drug-likeness (QED) is 0.741. The monoisotopic (exact) mass is 245 g/mol. The van der Waals surface area contributed by atoms with Crippen molar-refractivity contribution in [2.45, 2.75) is 11.8 Å². The van der Waals surface area contributed by atoms with E-state index in [1.165, 1.54) is 6.08 Å². The number of benzene rings is 1. The minimum atomic E-state index is -0.578. The van der Waals surface area contributed by atoms with Crippen LogP contribution >= 0.6 is 0 Å². The molecule has 1 atom stereocenters. The molecule has 2 aliphatic heterocycles. The minimum absolute atomic E-state index is 0.0550. The molecule has 1 unspecified atom stereocenters. The van der Waals surface area contributed by atoms with Gasteiger partial charge in [0.2, 0.25) is 5.91 Å². The average molecular weight is 245 g/mol. The average Bonchev–Trinajstić information content (AvgIpc) is 2.79. The predicted molar refractivity (Wildman–Crippen MR) is 65.7 cm³/mol. The Morgan fingerprint density at radius 2 is 2.11 bits per heavy atom. The number of ether oxygens (including phenoxy) is 2. The minimum Gasteiger partial charge on any atom is -0.371 e. The second-order valence-electron chi connectivity index (χ2n) is 4.59. The molecule has 94 valence electrons. The molecule has 4 heteroatoms. The van der Waals surface area contributed by atoms with E-state index in [0.29, 0.717) is 19.8 Å². The van der Waals surface area contributed by atoms with Crippen LogP contribution in [-0.4, -0.2) is 36.4 Å². The van der Waals surface area contributed by atoms with E-state index in [1.807, 2.05) is 30.3 Å². The highest BCUT2D eigenvalue weighted by atomic mass is 16.6. The highest BCUT2D eigenvalue weighted by molar-refractivity contribution is 5.88. The van der Waals surface area contributed by atoms with Crippen LogP contribution in [0, 0.1) is 0 Å². The molecule has 0 bridgehead atoms. The van der Waals surface area contributed by atoms with Gasteiger partial charge in [-0.05, 0) is 11.6 Å². The van der Waals surface area contributed by atoms with Crippen LogP contribution in [0.3, 0.4) is 0 Å². The molecule has 0 radical (unpaired) electrons. The lowest BCUT2D eigenvalue weighted by atomic mass is 10.0. The molecule has 3 rings (SSSR count). The van der Waals surface area contributed by atoms with Gasteiger partial charge in [-0.3, -0.25) is 9.69 Å². The van der Waals surface area contributed by atoms with Gasteiger partial charge in [-0.2, -0.15) is 0 Å². The van der Waals surface area contributed by atoms with Crippen molar-refractivity contribution in [2.24, 2.45) is 0 Å². The lowest BCUT2D eigenvalue weighted by Crippen LogP contribution is -2.61. The number of carbonyl (C=O) groups is 1. The fourth-order valence-electron chi connectivity index (χ4n) is 2.53. The van der Waals surface area contributed by atoms with E-state index in [-0.39, 0.29) is 11.9 Å². The lowest BCUT2D eigenvalue weighted by Gasteiger charge is -2.44. The van der Waals surface area contributed by atoms with E-state index in [9.17, 15) is 4.79 Å². The summed E-state index contributed by atoms with van der Waals surface area (Å²) in [6.45, 7) is 4.96. The zero-order valence-corrected chi connectivity index (χ0v) is 10.0. The van der Waals surface area contributed by atoms with Gasteiger partial charge in [-0.1, -0.05) is 36.9 Å². The molecule has 1 aromatic rings. The highest BCUT2D eigenvalue weighted by Gasteiger charge is 2.55. The maximum Gasteiger partial charge on any atom is 0.248 e. The molecular weight excluding hydrogens is 230 g/mol. The van der Waals surface area contributed by atoms with Crippen LogP contribution in [0.25, 0.3) is 0 Å². The van der Waals surface area contributed by atoms with Gasteiger partial charge in [0.1, 0.15) is 0 Å². The molecule has 1 spiro atoms. The van der Waals surface area contributed by atoms with Crippen molar-refractivity contribution in [3.05, 3.63) is 48.6 Å². The van der Waals surface area contributed by atoms with Gasteiger partial charge >= 0.3 is 0 Å². The Labute approximate surface area is 106 Å². The summed E-state index contributed by atoms with van der Waals surface area (Å²) in [5, 5.41) is 0. The highest BCUT2D eigenvalue weighted by Crippen LogP contribution is 2.41. The topological polar surface area (TPSA) is 38.8 Å². The van der Waals surface area contributed by atoms with Crippen LogP contribution in [0.5, 0.6) is 0 Å². The fraction of sp³-hybridized carbons (Fsp3) is 0.357. The molecule has 0 N–H and O–H groups in total. The summed E-state index contributed by atoms with van der Waals surface area (Å²) in [4.78, 5) is 13.8. The van der Waals surface area contributed by atoms with Crippen LogP contribution in [0.4, 0.5) is 0 Å². The Kier molecular flexibility index (Phi) is 2.69. The summed E-state index contributed by atoms with van der Waals surface area (Å²) in [6, 6.07) is 9.86. The number of hydrogen-bond acceptors (Lipinski definition) is 3. The number of hydrogen-bond donors (Lipinski definition) is 0. The predicted octanol–water partition coefficient (Wildman–Crippen LogP) is 1.50. The van der Waals surface area contributed by atoms with Crippen LogP contribution in [0.1, 0.15) is 11.6 Å². The summed E-state index contributed by atoms with van der Waals surface area (Å²) in [7, 11) is 0. The lowest BCUT2D eigenvalue weighted by molar-refractivity contribution is -0.239. The SMILES string of the molecule is C=CC(=O)N1C(c2ccccc2)COC12COC2. The Hall–Kier alpha value is -1.65. The number of amides is 1. The number of rotatable bonds is 2. The van der Waals surface area contributed by atoms with Crippen molar-refractivity contribution in [3.8, 4) is 0 Å². The second-order valence-corrected chi connectivity index (χ2v) is 4.59. The van der Waals surface area contributed by atoms with Gasteiger partial charge in [0.15, 0.2) is 5.72 Å². The Bertz CT molecular complexity index is 467. The summed E-state index contributed by atoms with van der Waals surface area (Å²) in [5.41, 5.74) is 0.502. The molecule has 4 nitrogen and oxygen atoms in total. The molecule has 2 heterocycles. The van der Waals surface area contributed by atoms with Crippen molar-refractivity contribution in [1.82, 2.24) is 4.90 Å². The molecular formula is C14H15NO3. The zero-order chi connectivity index (χ0) is 12.6. The zero-order valence-electron chi connectivity index (χ0n) is 10.0. The van der Waals surface area contributed by atoms with Crippen LogP contribution in [-0.2, 0) is 14.3 Å². The van der Waals surface area contributed by atoms with Crippen molar-refractivity contribution in [3.63, 3.8) is 0 Å². The maximum absolute atomic E-state index is 12.1. The third-order valence-corrected chi connectivity index (χ3v) is 3.51. The number of carbonyl (C=O) groups excluding carboxylic acids is 1. The molecule has 0 saturated carbocycles. The number of nitrogens with zero attached hydrogens (tertiary/aromatic N) is 1. The molecule has 2 saturated heterocycles. The Balaban J connectivity index is 1.95. The Morgan fingerprint density at radius 1 is 1.39 bits per heavy atom. The van der Waals surface area contributed by atoms with E-state index in [4.69, 9.17) is 9.47 Å².